The van der Waals surface area contributed by atoms with Crippen molar-refractivity contribution >= 4 is 0 Å². The molecular weight excluding hydrogens is 260 g/mol. The van der Waals surface area contributed by atoms with Crippen molar-refractivity contribution in [3.63, 3.8) is 0 Å². The summed E-state index contributed by atoms with van der Waals surface area (Å²) in [5, 5.41) is 0. The fourth-order valence-electron chi connectivity index (χ4n) is 4.42. The van der Waals surface area contributed by atoms with E-state index >= 15 is 0 Å². The van der Waals surface area contributed by atoms with E-state index in [1.807, 2.05) is 6.20 Å². The van der Waals surface area contributed by atoms with Crippen LogP contribution in [0.15, 0.2) is 12.4 Å². The summed E-state index contributed by atoms with van der Waals surface area (Å²) in [6, 6.07) is 0.0552. The lowest BCUT2D eigenvalue weighted by atomic mass is 9.84. The van der Waals surface area contributed by atoms with E-state index in [1.165, 1.54) is 58.0 Å². The number of aromatic nitrogens is 2. The van der Waals surface area contributed by atoms with Crippen LogP contribution in [0.2, 0.25) is 0 Å². The number of nitrogens with zero attached hydrogens (tertiary/aromatic N) is 3. The molecule has 4 nitrogen and oxygen atoms in total. The van der Waals surface area contributed by atoms with Gasteiger partial charge >= 0.3 is 0 Å². The van der Waals surface area contributed by atoms with Crippen molar-refractivity contribution in [3.05, 3.63) is 18.2 Å². The first-order valence-corrected chi connectivity index (χ1v) is 8.79. The van der Waals surface area contributed by atoms with Gasteiger partial charge in [-0.1, -0.05) is 26.2 Å². The zero-order valence-electron chi connectivity index (χ0n) is 13.4. The molecule has 1 saturated carbocycles. The summed E-state index contributed by atoms with van der Waals surface area (Å²) >= 11 is 0. The predicted octanol–water partition coefficient (Wildman–Crippen LogP) is 3.09. The van der Waals surface area contributed by atoms with Gasteiger partial charge in [-0.2, -0.15) is 0 Å². The highest BCUT2D eigenvalue weighted by molar-refractivity contribution is 5.12. The van der Waals surface area contributed by atoms with E-state index in [0.717, 1.165) is 18.8 Å². The first kappa shape index (κ1) is 15.0. The van der Waals surface area contributed by atoms with Crippen LogP contribution >= 0.6 is 0 Å². The van der Waals surface area contributed by atoms with Gasteiger partial charge in [-0.15, -0.1) is 0 Å². The molecule has 1 aromatic heterocycles. The van der Waals surface area contributed by atoms with E-state index in [-0.39, 0.29) is 11.6 Å². The van der Waals surface area contributed by atoms with Crippen molar-refractivity contribution in [2.45, 2.75) is 76.4 Å². The van der Waals surface area contributed by atoms with Gasteiger partial charge < -0.3 is 10.3 Å². The minimum absolute atomic E-state index is 0.0552. The number of piperidine rings is 1. The van der Waals surface area contributed by atoms with Crippen molar-refractivity contribution in [2.24, 2.45) is 5.73 Å². The zero-order valence-corrected chi connectivity index (χ0v) is 13.4. The molecule has 1 atom stereocenters. The van der Waals surface area contributed by atoms with Crippen molar-refractivity contribution in [1.82, 2.24) is 14.5 Å². The van der Waals surface area contributed by atoms with Crippen LogP contribution in [-0.2, 0) is 6.54 Å². The van der Waals surface area contributed by atoms with Crippen LogP contribution in [0.5, 0.6) is 0 Å². The molecule has 3 rings (SSSR count). The number of hydrogen-bond donors (Lipinski definition) is 1. The maximum Gasteiger partial charge on any atom is 0.127 e. The minimum Gasteiger partial charge on any atom is -0.334 e. The molecule has 1 saturated heterocycles. The third-order valence-electron chi connectivity index (χ3n) is 5.52. The van der Waals surface area contributed by atoms with Crippen molar-refractivity contribution in [2.75, 3.05) is 13.1 Å². The maximum atomic E-state index is 6.82. The first-order chi connectivity index (χ1) is 10.3. The molecule has 2 N–H and O–H groups in total. The molecule has 1 aliphatic heterocycles. The van der Waals surface area contributed by atoms with Crippen molar-refractivity contribution in [1.29, 1.82) is 0 Å². The summed E-state index contributed by atoms with van der Waals surface area (Å²) in [5.41, 5.74) is 6.98. The quantitative estimate of drug-likeness (QED) is 0.906. The fourth-order valence-corrected chi connectivity index (χ4v) is 4.42. The number of aryl methyl sites for hydroxylation is 1. The van der Waals surface area contributed by atoms with E-state index in [9.17, 15) is 0 Å². The lowest BCUT2D eigenvalue weighted by molar-refractivity contribution is 0.0444. The fraction of sp³-hybridized carbons (Fsp3) is 0.824. The van der Waals surface area contributed by atoms with Gasteiger partial charge in [0, 0.05) is 24.5 Å². The van der Waals surface area contributed by atoms with E-state index in [1.54, 1.807) is 0 Å². The molecule has 1 unspecified atom stereocenters. The smallest absolute Gasteiger partial charge is 0.127 e. The van der Waals surface area contributed by atoms with E-state index in [2.05, 4.69) is 27.6 Å². The lowest BCUT2D eigenvalue weighted by Gasteiger charge is -2.47. The summed E-state index contributed by atoms with van der Waals surface area (Å²) in [6.45, 7) is 5.69. The second-order valence-electron chi connectivity index (χ2n) is 6.81. The van der Waals surface area contributed by atoms with Gasteiger partial charge in [0.15, 0.2) is 0 Å². The van der Waals surface area contributed by atoms with Crippen LogP contribution < -0.4 is 5.73 Å². The molecule has 0 spiro atoms. The van der Waals surface area contributed by atoms with Crippen molar-refractivity contribution in [3.8, 4) is 0 Å². The first-order valence-electron chi connectivity index (χ1n) is 8.79. The maximum absolute atomic E-state index is 6.82. The summed E-state index contributed by atoms with van der Waals surface area (Å²) in [5.74, 6) is 1.10. The number of nitrogens with two attached hydrogens (primary N) is 1. The average molecular weight is 290 g/mol. The molecule has 1 aromatic rings. The highest BCUT2D eigenvalue weighted by Gasteiger charge is 2.46. The van der Waals surface area contributed by atoms with Gasteiger partial charge in [-0.3, -0.25) is 4.90 Å². The Morgan fingerprint density at radius 3 is 2.57 bits per heavy atom. The molecule has 0 aromatic carbocycles. The van der Waals surface area contributed by atoms with Gasteiger partial charge in [0.05, 0.1) is 6.04 Å². The van der Waals surface area contributed by atoms with Crippen LogP contribution in [0.3, 0.4) is 0 Å². The highest BCUT2D eigenvalue weighted by Crippen LogP contribution is 2.44. The molecule has 0 amide bonds. The minimum atomic E-state index is 0.0552. The average Bonchev–Trinajstić information content (AvgIpc) is 3.18. The van der Waals surface area contributed by atoms with Gasteiger partial charge in [0.2, 0.25) is 0 Å². The Morgan fingerprint density at radius 1 is 1.19 bits per heavy atom. The third kappa shape index (κ3) is 2.76. The second-order valence-corrected chi connectivity index (χ2v) is 6.81. The SMILES string of the molecule is CCCn1ccnc1C(N)C1(N2CCCCC2)CCCC1. The molecular formula is C17H30N4. The van der Waals surface area contributed by atoms with Gasteiger partial charge in [-0.05, 0) is 45.2 Å². The highest BCUT2D eigenvalue weighted by atomic mass is 15.2. The van der Waals surface area contributed by atoms with E-state index in [0.29, 0.717) is 0 Å². The molecule has 2 fully saturated rings. The Bertz CT molecular complexity index is 441. The van der Waals surface area contributed by atoms with E-state index < -0.39 is 0 Å². The molecule has 21 heavy (non-hydrogen) atoms. The number of likely N-dealkylation sites (tertiary alicyclic amines) is 1. The normalized spacial score (nSPS) is 24.3. The number of rotatable bonds is 5. The molecule has 118 valence electrons. The molecule has 1 aliphatic carbocycles. The molecule has 4 heteroatoms. The molecule has 0 bridgehead atoms. The summed E-state index contributed by atoms with van der Waals surface area (Å²) in [7, 11) is 0. The Hall–Kier alpha value is -0.870. The topological polar surface area (TPSA) is 47.1 Å². The van der Waals surface area contributed by atoms with Gasteiger partial charge in [0.25, 0.3) is 0 Å². The Kier molecular flexibility index (Phi) is 4.65. The van der Waals surface area contributed by atoms with Crippen LogP contribution in [0.4, 0.5) is 0 Å². The summed E-state index contributed by atoms with van der Waals surface area (Å²) in [6.07, 6.45) is 14.3. The van der Waals surface area contributed by atoms with Gasteiger partial charge in [0.1, 0.15) is 5.82 Å². The van der Waals surface area contributed by atoms with Crippen molar-refractivity contribution < 1.29 is 0 Å². The Morgan fingerprint density at radius 2 is 1.90 bits per heavy atom. The zero-order chi connectivity index (χ0) is 14.7. The third-order valence-corrected chi connectivity index (χ3v) is 5.52. The lowest BCUT2D eigenvalue weighted by Crippen LogP contribution is -2.56. The Balaban J connectivity index is 1.87. The van der Waals surface area contributed by atoms with Crippen LogP contribution in [0, 0.1) is 0 Å². The number of imidazole rings is 1. The summed E-state index contributed by atoms with van der Waals surface area (Å²) in [4.78, 5) is 7.34. The molecule has 2 aliphatic rings. The Labute approximate surface area is 128 Å². The summed E-state index contributed by atoms with van der Waals surface area (Å²) < 4.78 is 2.27. The largest absolute Gasteiger partial charge is 0.334 e. The van der Waals surface area contributed by atoms with E-state index in [4.69, 9.17) is 5.73 Å². The van der Waals surface area contributed by atoms with Crippen LogP contribution in [-0.4, -0.2) is 33.1 Å². The monoisotopic (exact) mass is 290 g/mol. The number of hydrogen-bond acceptors (Lipinski definition) is 3. The van der Waals surface area contributed by atoms with Crippen LogP contribution in [0.1, 0.15) is 70.2 Å². The van der Waals surface area contributed by atoms with Gasteiger partial charge in [-0.25, -0.2) is 4.98 Å². The molecule has 0 radical (unpaired) electrons. The van der Waals surface area contributed by atoms with Crippen LogP contribution in [0.25, 0.3) is 0 Å². The predicted molar refractivity (Wildman–Crippen MR) is 86.1 cm³/mol. The molecule has 2 heterocycles. The standard InChI is InChI=1S/C17H30N4/c1-2-11-20-14-10-19-16(20)15(18)17(8-4-5-9-17)21-12-6-3-7-13-21/h10,14-15H,2-9,11-13,18H2,1H3. The second kappa shape index (κ2) is 6.49.